The molecule has 0 atom stereocenters. The number of pyridine rings is 1. The van der Waals surface area contributed by atoms with E-state index in [1.165, 1.54) is 0 Å². The number of rotatable bonds is 4. The molecular weight excluding hydrogens is 246 g/mol. The van der Waals surface area contributed by atoms with Gasteiger partial charge in [0, 0.05) is 38.9 Å². The first kappa shape index (κ1) is 13.5. The predicted molar refractivity (Wildman–Crippen MR) is 68.8 cm³/mol. The quantitative estimate of drug-likeness (QED) is 0.846. The van der Waals surface area contributed by atoms with E-state index in [1.807, 2.05) is 0 Å². The van der Waals surface area contributed by atoms with Crippen molar-refractivity contribution in [1.29, 1.82) is 0 Å². The van der Waals surface area contributed by atoms with Crippen LogP contribution in [-0.4, -0.2) is 64.5 Å². The second-order valence-electron chi connectivity index (χ2n) is 4.49. The maximum atomic E-state index is 12.1. The summed E-state index contributed by atoms with van der Waals surface area (Å²) in [6, 6.07) is 5.28. The van der Waals surface area contributed by atoms with Crippen LogP contribution in [0.3, 0.4) is 0 Å². The van der Waals surface area contributed by atoms with Crippen molar-refractivity contribution in [3.63, 3.8) is 0 Å². The van der Waals surface area contributed by atoms with Crippen molar-refractivity contribution in [1.82, 2.24) is 14.8 Å². The molecule has 6 nitrogen and oxygen atoms in total. The Morgan fingerprint density at radius 3 is 2.53 bits per heavy atom. The van der Waals surface area contributed by atoms with Crippen LogP contribution in [0, 0.1) is 0 Å². The van der Waals surface area contributed by atoms with Crippen molar-refractivity contribution in [2.75, 3.05) is 32.7 Å². The van der Waals surface area contributed by atoms with E-state index in [-0.39, 0.29) is 12.3 Å². The normalized spacial score (nSPS) is 16.3. The zero-order valence-corrected chi connectivity index (χ0v) is 10.7. The molecular formula is C13H17N3O3. The number of amides is 1. The molecule has 0 radical (unpaired) electrons. The highest BCUT2D eigenvalue weighted by Gasteiger charge is 2.22. The Morgan fingerprint density at radius 1 is 1.21 bits per heavy atom. The minimum absolute atomic E-state index is 0.0570. The minimum atomic E-state index is -0.785. The lowest BCUT2D eigenvalue weighted by molar-refractivity contribution is -0.137. The Bertz CT molecular complexity index is 442. The van der Waals surface area contributed by atoms with E-state index in [1.54, 1.807) is 29.3 Å². The van der Waals surface area contributed by atoms with E-state index in [0.717, 1.165) is 0 Å². The Kier molecular flexibility index (Phi) is 4.46. The van der Waals surface area contributed by atoms with Crippen LogP contribution in [0.2, 0.25) is 0 Å². The van der Waals surface area contributed by atoms with Crippen molar-refractivity contribution in [3.05, 3.63) is 30.1 Å². The van der Waals surface area contributed by atoms with Gasteiger partial charge in [-0.2, -0.15) is 0 Å². The molecule has 1 aromatic rings. The van der Waals surface area contributed by atoms with Crippen LogP contribution in [-0.2, 0) is 4.79 Å². The summed E-state index contributed by atoms with van der Waals surface area (Å²) in [5, 5.41) is 8.63. The van der Waals surface area contributed by atoms with Gasteiger partial charge in [-0.3, -0.25) is 19.5 Å². The van der Waals surface area contributed by atoms with Gasteiger partial charge in [0.15, 0.2) is 0 Å². The highest BCUT2D eigenvalue weighted by molar-refractivity contribution is 5.92. The molecule has 2 rings (SSSR count). The molecule has 1 saturated heterocycles. The Labute approximate surface area is 111 Å². The number of piperazine rings is 1. The minimum Gasteiger partial charge on any atom is -0.481 e. The smallest absolute Gasteiger partial charge is 0.304 e. The number of carboxylic acids is 1. The second kappa shape index (κ2) is 6.29. The number of carbonyl (C=O) groups excluding carboxylic acids is 1. The lowest BCUT2D eigenvalue weighted by Gasteiger charge is -2.34. The van der Waals surface area contributed by atoms with Crippen LogP contribution < -0.4 is 0 Å². The molecule has 0 spiro atoms. The van der Waals surface area contributed by atoms with Gasteiger partial charge < -0.3 is 10.0 Å². The van der Waals surface area contributed by atoms with E-state index in [2.05, 4.69) is 9.88 Å². The summed E-state index contributed by atoms with van der Waals surface area (Å²) in [7, 11) is 0. The molecule has 0 aliphatic carbocycles. The van der Waals surface area contributed by atoms with Crippen molar-refractivity contribution >= 4 is 11.9 Å². The molecule has 1 fully saturated rings. The molecule has 0 saturated carbocycles. The van der Waals surface area contributed by atoms with E-state index < -0.39 is 5.97 Å². The highest BCUT2D eigenvalue weighted by Crippen LogP contribution is 2.07. The molecule has 1 aliphatic heterocycles. The molecule has 1 N–H and O–H groups in total. The number of aliphatic carboxylic acids is 1. The summed E-state index contributed by atoms with van der Waals surface area (Å²) >= 11 is 0. The predicted octanol–water partition coefficient (Wildman–Crippen LogP) is 0.314. The third-order valence-corrected chi connectivity index (χ3v) is 3.19. The topological polar surface area (TPSA) is 73.7 Å². The highest BCUT2D eigenvalue weighted by atomic mass is 16.4. The molecule has 6 heteroatoms. The zero-order valence-electron chi connectivity index (χ0n) is 10.7. The molecule has 2 heterocycles. The van der Waals surface area contributed by atoms with Crippen LogP contribution in [0.25, 0.3) is 0 Å². The first-order valence-corrected chi connectivity index (χ1v) is 6.31. The van der Waals surface area contributed by atoms with Crippen molar-refractivity contribution in [2.45, 2.75) is 6.42 Å². The second-order valence-corrected chi connectivity index (χ2v) is 4.49. The summed E-state index contributed by atoms with van der Waals surface area (Å²) in [6.45, 7) is 3.21. The monoisotopic (exact) mass is 263 g/mol. The van der Waals surface area contributed by atoms with Crippen LogP contribution in [0.15, 0.2) is 24.4 Å². The summed E-state index contributed by atoms with van der Waals surface area (Å²) in [4.78, 5) is 30.5. The van der Waals surface area contributed by atoms with Gasteiger partial charge in [0.2, 0.25) is 0 Å². The maximum Gasteiger partial charge on any atom is 0.304 e. The van der Waals surface area contributed by atoms with E-state index in [9.17, 15) is 9.59 Å². The average Bonchev–Trinajstić information content (AvgIpc) is 2.46. The van der Waals surface area contributed by atoms with Gasteiger partial charge in [-0.1, -0.05) is 6.07 Å². The van der Waals surface area contributed by atoms with E-state index in [0.29, 0.717) is 38.4 Å². The average molecular weight is 263 g/mol. The van der Waals surface area contributed by atoms with Gasteiger partial charge in [0.05, 0.1) is 6.42 Å². The molecule has 1 aliphatic rings. The molecule has 0 unspecified atom stereocenters. The SMILES string of the molecule is O=C(O)CCN1CCN(C(=O)c2ccccn2)CC1. The van der Waals surface area contributed by atoms with Crippen molar-refractivity contribution in [2.24, 2.45) is 0 Å². The lowest BCUT2D eigenvalue weighted by atomic mass is 10.2. The first-order valence-electron chi connectivity index (χ1n) is 6.31. The van der Waals surface area contributed by atoms with Crippen LogP contribution >= 0.6 is 0 Å². The molecule has 1 amide bonds. The molecule has 1 aromatic heterocycles. The summed E-state index contributed by atoms with van der Waals surface area (Å²) in [6.07, 6.45) is 1.75. The molecule has 19 heavy (non-hydrogen) atoms. The third kappa shape index (κ3) is 3.75. The lowest BCUT2D eigenvalue weighted by Crippen LogP contribution is -2.49. The molecule has 0 aromatic carbocycles. The number of carbonyl (C=O) groups is 2. The molecule has 0 bridgehead atoms. The summed E-state index contributed by atoms with van der Waals surface area (Å²) in [5.74, 6) is -0.842. The first-order chi connectivity index (χ1) is 9.16. The van der Waals surface area contributed by atoms with Gasteiger partial charge in [-0.25, -0.2) is 0 Å². The number of carboxylic acid groups (broad SMARTS) is 1. The van der Waals surface area contributed by atoms with Gasteiger partial charge >= 0.3 is 5.97 Å². The summed E-state index contributed by atoms with van der Waals surface area (Å²) in [5.41, 5.74) is 0.460. The van der Waals surface area contributed by atoms with Gasteiger partial charge in [0.1, 0.15) is 5.69 Å². The number of hydrogen-bond acceptors (Lipinski definition) is 4. The van der Waals surface area contributed by atoms with Crippen LogP contribution in [0.5, 0.6) is 0 Å². The van der Waals surface area contributed by atoms with Gasteiger partial charge in [-0.15, -0.1) is 0 Å². The fourth-order valence-corrected chi connectivity index (χ4v) is 2.08. The third-order valence-electron chi connectivity index (χ3n) is 3.19. The zero-order chi connectivity index (χ0) is 13.7. The molecule has 102 valence electrons. The van der Waals surface area contributed by atoms with Crippen LogP contribution in [0.1, 0.15) is 16.9 Å². The number of aromatic nitrogens is 1. The summed E-state index contributed by atoms with van der Waals surface area (Å²) < 4.78 is 0. The fourth-order valence-electron chi connectivity index (χ4n) is 2.08. The van der Waals surface area contributed by atoms with E-state index >= 15 is 0 Å². The Morgan fingerprint density at radius 2 is 1.95 bits per heavy atom. The number of hydrogen-bond donors (Lipinski definition) is 1. The Balaban J connectivity index is 1.83. The Hall–Kier alpha value is -1.95. The van der Waals surface area contributed by atoms with Crippen molar-refractivity contribution in [3.8, 4) is 0 Å². The van der Waals surface area contributed by atoms with Gasteiger partial charge in [-0.05, 0) is 12.1 Å². The number of nitrogens with zero attached hydrogens (tertiary/aromatic N) is 3. The standard InChI is InChI=1S/C13H17N3O3/c17-12(18)4-6-15-7-9-16(10-8-15)13(19)11-3-1-2-5-14-11/h1-3,5H,4,6-10H2,(H,17,18). The van der Waals surface area contributed by atoms with Crippen LogP contribution in [0.4, 0.5) is 0 Å². The van der Waals surface area contributed by atoms with Gasteiger partial charge in [0.25, 0.3) is 5.91 Å². The largest absolute Gasteiger partial charge is 0.481 e. The van der Waals surface area contributed by atoms with E-state index in [4.69, 9.17) is 5.11 Å². The maximum absolute atomic E-state index is 12.1. The van der Waals surface area contributed by atoms with Crippen molar-refractivity contribution < 1.29 is 14.7 Å². The fraction of sp³-hybridized carbons (Fsp3) is 0.462.